The molecule has 1 N–H and O–H groups in total. The first-order valence-corrected chi connectivity index (χ1v) is 9.03. The summed E-state index contributed by atoms with van der Waals surface area (Å²) in [6.07, 6.45) is 1.45. The van der Waals surface area contributed by atoms with Crippen molar-refractivity contribution in [3.63, 3.8) is 0 Å². The van der Waals surface area contributed by atoms with E-state index in [1.165, 1.54) is 24.4 Å². The molecule has 142 valence electrons. The van der Waals surface area contributed by atoms with Gasteiger partial charge in [-0.3, -0.25) is 4.79 Å². The Balaban J connectivity index is 1.60. The topological polar surface area (TPSA) is 50.7 Å². The number of carbonyl (C=O) groups excluding carboxylic acids is 1. The van der Waals surface area contributed by atoms with E-state index in [0.717, 1.165) is 5.56 Å². The van der Waals surface area contributed by atoms with Crippen LogP contribution < -0.4 is 10.2 Å². The van der Waals surface area contributed by atoms with Crippen molar-refractivity contribution in [1.29, 1.82) is 0 Å². The first kappa shape index (κ1) is 19.9. The van der Waals surface area contributed by atoms with Crippen LogP contribution in [0.25, 0.3) is 0 Å². The van der Waals surface area contributed by atoms with Gasteiger partial charge in [-0.1, -0.05) is 53.5 Å². The summed E-state index contributed by atoms with van der Waals surface area (Å²) in [6.45, 7) is 0.278. The van der Waals surface area contributed by atoms with Crippen LogP contribution in [0, 0.1) is 5.82 Å². The molecule has 4 nitrogen and oxygen atoms in total. The Bertz CT molecular complexity index is 1020. The summed E-state index contributed by atoms with van der Waals surface area (Å²) in [7, 11) is 0. The average Bonchev–Trinajstić information content (AvgIpc) is 2.68. The van der Waals surface area contributed by atoms with Gasteiger partial charge >= 0.3 is 0 Å². The van der Waals surface area contributed by atoms with Crippen molar-refractivity contribution in [3.8, 4) is 5.75 Å². The van der Waals surface area contributed by atoms with Crippen LogP contribution in [0.5, 0.6) is 5.75 Å². The van der Waals surface area contributed by atoms with Crippen LogP contribution in [0.15, 0.2) is 71.8 Å². The van der Waals surface area contributed by atoms with Gasteiger partial charge in [0.2, 0.25) is 0 Å². The number of ether oxygens (including phenoxy) is 1. The van der Waals surface area contributed by atoms with Crippen molar-refractivity contribution >= 4 is 35.3 Å². The highest BCUT2D eigenvalue weighted by atomic mass is 35.5. The van der Waals surface area contributed by atoms with Crippen molar-refractivity contribution < 1.29 is 13.9 Å². The van der Waals surface area contributed by atoms with E-state index in [-0.39, 0.29) is 12.2 Å². The third kappa shape index (κ3) is 5.31. The van der Waals surface area contributed by atoms with E-state index < -0.39 is 11.7 Å². The number of hydrogen-bond donors (Lipinski definition) is 1. The molecule has 0 unspecified atom stereocenters. The number of nitrogens with zero attached hydrogens (tertiary/aromatic N) is 1. The number of carbonyl (C=O) groups is 1. The summed E-state index contributed by atoms with van der Waals surface area (Å²) >= 11 is 12.0. The van der Waals surface area contributed by atoms with Gasteiger partial charge in [0, 0.05) is 15.6 Å². The highest BCUT2D eigenvalue weighted by Crippen LogP contribution is 2.23. The molecule has 0 saturated carbocycles. The second kappa shape index (κ2) is 9.35. The molecule has 0 bridgehead atoms. The lowest BCUT2D eigenvalue weighted by atomic mass is 10.2. The summed E-state index contributed by atoms with van der Waals surface area (Å²) in [5, 5.41) is 4.95. The molecule has 0 aliphatic rings. The second-order valence-electron chi connectivity index (χ2n) is 5.78. The van der Waals surface area contributed by atoms with Gasteiger partial charge in [0.1, 0.15) is 18.2 Å². The van der Waals surface area contributed by atoms with Crippen LogP contribution in [0.4, 0.5) is 4.39 Å². The molecule has 0 aliphatic carbocycles. The minimum Gasteiger partial charge on any atom is -0.489 e. The largest absolute Gasteiger partial charge is 0.489 e. The van der Waals surface area contributed by atoms with Gasteiger partial charge in [0.25, 0.3) is 5.91 Å². The van der Waals surface area contributed by atoms with Crippen LogP contribution in [0.2, 0.25) is 10.0 Å². The molecule has 0 radical (unpaired) electrons. The van der Waals surface area contributed by atoms with Gasteiger partial charge in [-0.2, -0.15) is 5.10 Å². The number of hydrazone groups is 1. The Morgan fingerprint density at radius 3 is 2.68 bits per heavy atom. The highest BCUT2D eigenvalue weighted by Gasteiger charge is 2.09. The Morgan fingerprint density at radius 1 is 1.07 bits per heavy atom. The standard InChI is InChI=1S/C21H15Cl2FN2O2/c22-16-9-8-15(19(23)11-16)13-28-17-5-3-4-14(10-17)12-25-26-21(27)18-6-1-2-7-20(18)24/h1-12H,13H2,(H,26,27). The lowest BCUT2D eigenvalue weighted by molar-refractivity contribution is 0.0951. The molecule has 0 heterocycles. The SMILES string of the molecule is O=C(NN=Cc1cccc(OCc2ccc(Cl)cc2Cl)c1)c1ccccc1F. The molecule has 0 aromatic heterocycles. The fraction of sp³-hybridized carbons (Fsp3) is 0.0476. The quantitative estimate of drug-likeness (QED) is 0.427. The van der Waals surface area contributed by atoms with Gasteiger partial charge in [0.15, 0.2) is 0 Å². The summed E-state index contributed by atoms with van der Waals surface area (Å²) in [4.78, 5) is 11.9. The minimum atomic E-state index is -0.626. The number of hydrogen-bond acceptors (Lipinski definition) is 3. The number of nitrogens with one attached hydrogen (secondary N) is 1. The molecule has 3 aromatic rings. The predicted molar refractivity (Wildman–Crippen MR) is 109 cm³/mol. The van der Waals surface area contributed by atoms with Crippen LogP contribution in [0.1, 0.15) is 21.5 Å². The Kier molecular flexibility index (Phi) is 6.63. The van der Waals surface area contributed by atoms with Gasteiger partial charge < -0.3 is 4.74 Å². The maximum atomic E-state index is 13.6. The molecule has 0 atom stereocenters. The van der Waals surface area contributed by atoms with Gasteiger partial charge in [0.05, 0.1) is 11.8 Å². The van der Waals surface area contributed by atoms with E-state index in [1.807, 2.05) is 0 Å². The zero-order chi connectivity index (χ0) is 19.9. The third-order valence-corrected chi connectivity index (χ3v) is 4.35. The predicted octanol–water partition coefficient (Wildman–Crippen LogP) is 5.48. The second-order valence-corrected chi connectivity index (χ2v) is 6.62. The molecular formula is C21H15Cl2FN2O2. The monoisotopic (exact) mass is 416 g/mol. The van der Waals surface area contributed by atoms with Crippen molar-refractivity contribution in [2.24, 2.45) is 5.10 Å². The van der Waals surface area contributed by atoms with Crippen molar-refractivity contribution in [2.45, 2.75) is 6.61 Å². The van der Waals surface area contributed by atoms with Crippen LogP contribution in [0.3, 0.4) is 0 Å². The smallest absolute Gasteiger partial charge is 0.274 e. The maximum Gasteiger partial charge on any atom is 0.274 e. The molecule has 3 aromatic carbocycles. The summed E-state index contributed by atoms with van der Waals surface area (Å²) in [6, 6.07) is 18.0. The average molecular weight is 417 g/mol. The van der Waals surface area contributed by atoms with E-state index >= 15 is 0 Å². The van der Waals surface area contributed by atoms with E-state index in [2.05, 4.69) is 10.5 Å². The molecule has 0 aliphatic heterocycles. The van der Waals surface area contributed by atoms with Gasteiger partial charge in [-0.25, -0.2) is 9.82 Å². The summed E-state index contributed by atoms with van der Waals surface area (Å²) in [5.41, 5.74) is 3.74. The van der Waals surface area contributed by atoms with E-state index in [1.54, 1.807) is 48.5 Å². The number of rotatable bonds is 6. The highest BCUT2D eigenvalue weighted by molar-refractivity contribution is 6.35. The summed E-state index contributed by atoms with van der Waals surface area (Å²) in [5.74, 6) is -0.624. The fourth-order valence-electron chi connectivity index (χ4n) is 2.36. The van der Waals surface area contributed by atoms with E-state index in [0.29, 0.717) is 21.4 Å². The van der Waals surface area contributed by atoms with Gasteiger partial charge in [-0.05, 0) is 42.0 Å². The minimum absolute atomic E-state index is 0.0726. The lowest BCUT2D eigenvalue weighted by Gasteiger charge is -2.08. The molecule has 0 spiro atoms. The zero-order valence-corrected chi connectivity index (χ0v) is 16.0. The third-order valence-electron chi connectivity index (χ3n) is 3.77. The molecule has 0 saturated heterocycles. The van der Waals surface area contributed by atoms with Gasteiger partial charge in [-0.15, -0.1) is 0 Å². The Morgan fingerprint density at radius 2 is 1.89 bits per heavy atom. The lowest BCUT2D eigenvalue weighted by Crippen LogP contribution is -2.18. The molecule has 28 heavy (non-hydrogen) atoms. The molecule has 3 rings (SSSR count). The Hall–Kier alpha value is -2.89. The van der Waals surface area contributed by atoms with Crippen LogP contribution >= 0.6 is 23.2 Å². The van der Waals surface area contributed by atoms with E-state index in [4.69, 9.17) is 27.9 Å². The van der Waals surface area contributed by atoms with Crippen molar-refractivity contribution in [1.82, 2.24) is 5.43 Å². The summed E-state index contributed by atoms with van der Waals surface area (Å²) < 4.78 is 19.3. The normalized spacial score (nSPS) is 10.8. The van der Waals surface area contributed by atoms with E-state index in [9.17, 15) is 9.18 Å². The number of benzene rings is 3. The molecule has 1 amide bonds. The number of amides is 1. The molecule has 0 fully saturated rings. The first-order valence-electron chi connectivity index (χ1n) is 8.27. The van der Waals surface area contributed by atoms with Crippen molar-refractivity contribution in [2.75, 3.05) is 0 Å². The molecule has 7 heteroatoms. The maximum absolute atomic E-state index is 13.6. The van der Waals surface area contributed by atoms with Crippen molar-refractivity contribution in [3.05, 3.63) is 99.3 Å². The first-order chi connectivity index (χ1) is 13.5. The van der Waals surface area contributed by atoms with Crippen LogP contribution in [-0.2, 0) is 6.61 Å². The number of halogens is 3. The fourth-order valence-corrected chi connectivity index (χ4v) is 2.82. The molecular weight excluding hydrogens is 402 g/mol. The van der Waals surface area contributed by atoms with Crippen LogP contribution in [-0.4, -0.2) is 12.1 Å². The zero-order valence-electron chi connectivity index (χ0n) is 14.5. The Labute approximate surface area is 171 Å².